The number of fused-ring (bicyclic) bond motifs is 1. The van der Waals surface area contributed by atoms with Crippen LogP contribution >= 0.6 is 11.3 Å². The van der Waals surface area contributed by atoms with Crippen LogP contribution in [0.1, 0.15) is 13.3 Å². The van der Waals surface area contributed by atoms with Crippen LogP contribution in [-0.2, 0) is 4.79 Å². The van der Waals surface area contributed by atoms with Crippen molar-refractivity contribution in [3.8, 4) is 23.0 Å². The Kier molecular flexibility index (Phi) is 8.73. The van der Waals surface area contributed by atoms with E-state index in [0.717, 1.165) is 23.4 Å². The van der Waals surface area contributed by atoms with E-state index in [1.54, 1.807) is 31.3 Å². The molecule has 0 fully saturated rings. The molecule has 0 aliphatic rings. The number of hydrogen-bond acceptors (Lipinski definition) is 8. The lowest BCUT2D eigenvalue weighted by molar-refractivity contribution is -0.120. The maximum absolute atomic E-state index is 13.2. The SMILES string of the molecule is CCOc1ccc(OCC(=O)N(CCCN(C)C)c2nc3c(OC)ccc(OC)c3s2)cc1. The van der Waals surface area contributed by atoms with Crippen molar-refractivity contribution < 1.29 is 23.7 Å². The van der Waals surface area contributed by atoms with Crippen LogP contribution in [0.5, 0.6) is 23.0 Å². The summed E-state index contributed by atoms with van der Waals surface area (Å²) in [5, 5.41) is 0.590. The Morgan fingerprint density at radius 1 is 0.939 bits per heavy atom. The van der Waals surface area contributed by atoms with Gasteiger partial charge in [0.05, 0.1) is 20.8 Å². The quantitative estimate of drug-likeness (QED) is 0.392. The van der Waals surface area contributed by atoms with Gasteiger partial charge in [0, 0.05) is 6.54 Å². The third-order valence-electron chi connectivity index (χ3n) is 4.92. The van der Waals surface area contributed by atoms with E-state index in [1.807, 2.05) is 45.3 Å². The first-order valence-corrected chi connectivity index (χ1v) is 11.6. The number of rotatable bonds is 12. The van der Waals surface area contributed by atoms with Crippen LogP contribution < -0.4 is 23.8 Å². The number of carbonyl (C=O) groups excluding carboxylic acids is 1. The maximum atomic E-state index is 13.2. The lowest BCUT2D eigenvalue weighted by atomic mass is 10.3. The van der Waals surface area contributed by atoms with Crippen LogP contribution in [0.2, 0.25) is 0 Å². The molecular weight excluding hydrogens is 442 g/mol. The van der Waals surface area contributed by atoms with Crippen molar-refractivity contribution >= 4 is 32.6 Å². The number of methoxy groups -OCH3 is 2. The monoisotopic (exact) mass is 473 g/mol. The molecule has 1 heterocycles. The highest BCUT2D eigenvalue weighted by Crippen LogP contribution is 2.40. The number of carbonyl (C=O) groups is 1. The lowest BCUT2D eigenvalue weighted by Crippen LogP contribution is -2.36. The fourth-order valence-electron chi connectivity index (χ4n) is 3.28. The molecule has 0 aliphatic carbocycles. The Bertz CT molecular complexity index is 1010. The summed E-state index contributed by atoms with van der Waals surface area (Å²) in [5.74, 6) is 2.53. The number of aromatic nitrogens is 1. The minimum absolute atomic E-state index is 0.0971. The number of thiazole rings is 1. The summed E-state index contributed by atoms with van der Waals surface area (Å²) < 4.78 is 23.0. The average Bonchev–Trinajstić information content (AvgIpc) is 3.25. The van der Waals surface area contributed by atoms with Crippen LogP contribution in [-0.4, -0.2) is 70.4 Å². The first kappa shape index (κ1) is 24.6. The summed E-state index contributed by atoms with van der Waals surface area (Å²) in [6.45, 7) is 3.80. The Hall–Kier alpha value is -3.04. The van der Waals surface area contributed by atoms with Gasteiger partial charge in [0.15, 0.2) is 11.7 Å². The van der Waals surface area contributed by atoms with Gasteiger partial charge in [-0.15, -0.1) is 0 Å². The fraction of sp³-hybridized carbons (Fsp3) is 0.417. The van der Waals surface area contributed by atoms with Gasteiger partial charge in [0.1, 0.15) is 33.2 Å². The van der Waals surface area contributed by atoms with Gasteiger partial charge in [-0.2, -0.15) is 0 Å². The molecule has 0 atom stereocenters. The average molecular weight is 474 g/mol. The molecule has 1 amide bonds. The van der Waals surface area contributed by atoms with Crippen molar-refractivity contribution in [1.82, 2.24) is 9.88 Å². The second-order valence-corrected chi connectivity index (χ2v) is 8.52. The van der Waals surface area contributed by atoms with Crippen LogP contribution in [0, 0.1) is 0 Å². The van der Waals surface area contributed by atoms with Crippen molar-refractivity contribution in [3.05, 3.63) is 36.4 Å². The molecule has 178 valence electrons. The molecule has 0 saturated heterocycles. The summed E-state index contributed by atoms with van der Waals surface area (Å²) >= 11 is 1.41. The van der Waals surface area contributed by atoms with Crippen LogP contribution in [0.15, 0.2) is 36.4 Å². The van der Waals surface area contributed by atoms with E-state index in [2.05, 4.69) is 4.90 Å². The predicted molar refractivity (Wildman–Crippen MR) is 131 cm³/mol. The molecule has 8 nitrogen and oxygen atoms in total. The molecular formula is C24H31N3O5S. The lowest BCUT2D eigenvalue weighted by Gasteiger charge is -2.21. The van der Waals surface area contributed by atoms with Crippen LogP contribution in [0.3, 0.4) is 0 Å². The van der Waals surface area contributed by atoms with Gasteiger partial charge in [-0.3, -0.25) is 9.69 Å². The van der Waals surface area contributed by atoms with Gasteiger partial charge in [-0.25, -0.2) is 4.98 Å². The number of ether oxygens (including phenoxy) is 4. The molecule has 0 unspecified atom stereocenters. The molecule has 0 spiro atoms. The fourth-order valence-corrected chi connectivity index (χ4v) is 4.40. The van der Waals surface area contributed by atoms with E-state index in [9.17, 15) is 4.79 Å². The van der Waals surface area contributed by atoms with Crippen LogP contribution in [0.4, 0.5) is 5.13 Å². The van der Waals surface area contributed by atoms with E-state index < -0.39 is 0 Å². The topological polar surface area (TPSA) is 73.4 Å². The summed E-state index contributed by atoms with van der Waals surface area (Å²) in [4.78, 5) is 21.7. The number of benzene rings is 2. The van der Waals surface area contributed by atoms with Gasteiger partial charge < -0.3 is 23.8 Å². The van der Waals surface area contributed by atoms with E-state index in [-0.39, 0.29) is 12.5 Å². The maximum Gasteiger partial charge on any atom is 0.266 e. The number of amides is 1. The highest BCUT2D eigenvalue weighted by atomic mass is 32.1. The van der Waals surface area contributed by atoms with Crippen molar-refractivity contribution in [3.63, 3.8) is 0 Å². The first-order valence-electron chi connectivity index (χ1n) is 10.8. The second kappa shape index (κ2) is 11.7. The molecule has 33 heavy (non-hydrogen) atoms. The molecule has 0 radical (unpaired) electrons. The summed E-state index contributed by atoms with van der Waals surface area (Å²) in [7, 11) is 7.24. The van der Waals surface area contributed by atoms with Crippen molar-refractivity contribution in [2.24, 2.45) is 0 Å². The van der Waals surface area contributed by atoms with Gasteiger partial charge in [0.25, 0.3) is 5.91 Å². The van der Waals surface area contributed by atoms with Crippen LogP contribution in [0.25, 0.3) is 10.2 Å². The molecule has 0 N–H and O–H groups in total. The summed E-state index contributed by atoms with van der Waals surface area (Å²) in [5.41, 5.74) is 0.676. The molecule has 0 bridgehead atoms. The Labute approximate surface area is 198 Å². The zero-order valence-electron chi connectivity index (χ0n) is 19.8. The summed E-state index contributed by atoms with van der Waals surface area (Å²) in [6.07, 6.45) is 0.798. The zero-order chi connectivity index (χ0) is 23.8. The predicted octanol–water partition coefficient (Wildman–Crippen LogP) is 4.08. The Balaban J connectivity index is 1.82. The molecule has 2 aromatic carbocycles. The highest BCUT2D eigenvalue weighted by Gasteiger charge is 2.23. The molecule has 0 saturated carbocycles. The third-order valence-corrected chi connectivity index (χ3v) is 6.01. The highest BCUT2D eigenvalue weighted by molar-refractivity contribution is 7.22. The van der Waals surface area contributed by atoms with E-state index in [1.165, 1.54) is 11.3 Å². The molecule has 9 heteroatoms. The van der Waals surface area contributed by atoms with Gasteiger partial charge in [-0.1, -0.05) is 11.3 Å². The van der Waals surface area contributed by atoms with E-state index >= 15 is 0 Å². The van der Waals surface area contributed by atoms with Crippen molar-refractivity contribution in [2.75, 3.05) is 59.5 Å². The summed E-state index contributed by atoms with van der Waals surface area (Å²) in [6, 6.07) is 10.9. The molecule has 3 rings (SSSR count). The molecule has 0 aliphatic heterocycles. The van der Waals surface area contributed by atoms with Crippen molar-refractivity contribution in [1.29, 1.82) is 0 Å². The smallest absolute Gasteiger partial charge is 0.266 e. The largest absolute Gasteiger partial charge is 0.495 e. The van der Waals surface area contributed by atoms with Gasteiger partial charge >= 0.3 is 0 Å². The Morgan fingerprint density at radius 3 is 2.18 bits per heavy atom. The minimum Gasteiger partial charge on any atom is -0.495 e. The molecule has 1 aromatic heterocycles. The number of hydrogen-bond donors (Lipinski definition) is 0. The van der Waals surface area contributed by atoms with Gasteiger partial charge in [-0.05, 0) is 70.4 Å². The second-order valence-electron chi connectivity index (χ2n) is 7.54. The molecule has 3 aromatic rings. The van der Waals surface area contributed by atoms with Gasteiger partial charge in [0.2, 0.25) is 0 Å². The minimum atomic E-state index is -0.167. The zero-order valence-corrected chi connectivity index (χ0v) is 20.6. The third kappa shape index (κ3) is 6.27. The number of nitrogens with zero attached hydrogens (tertiary/aromatic N) is 3. The number of anilines is 1. The first-order chi connectivity index (χ1) is 16.0. The normalized spacial score (nSPS) is 11.0. The van der Waals surface area contributed by atoms with E-state index in [4.69, 9.17) is 23.9 Å². The Morgan fingerprint density at radius 2 is 1.58 bits per heavy atom. The van der Waals surface area contributed by atoms with Crippen molar-refractivity contribution in [2.45, 2.75) is 13.3 Å². The standard InChI is InChI=1S/C24H31N3O5S/c1-6-31-17-8-10-18(11-9-17)32-16-21(28)27(15-7-14-26(2)3)24-25-22-19(29-4)12-13-20(30-5)23(22)33-24/h8-13H,6-7,14-16H2,1-5H3. The van der Waals surface area contributed by atoms with E-state index in [0.29, 0.717) is 41.0 Å².